The number of phenols is 1. The number of rotatable bonds is 2. The van der Waals surface area contributed by atoms with E-state index in [-0.39, 0.29) is 35.4 Å². The summed E-state index contributed by atoms with van der Waals surface area (Å²) in [6.07, 6.45) is 5.79. The molecule has 0 spiro atoms. The minimum Gasteiger partial charge on any atom is -0.507 e. The Bertz CT molecular complexity index is 975. The van der Waals surface area contributed by atoms with Gasteiger partial charge in [0.05, 0.1) is 17.9 Å². The number of imide groups is 1. The molecule has 32 heavy (non-hydrogen) atoms. The second-order valence-electron chi connectivity index (χ2n) is 10.2. The lowest BCUT2D eigenvalue weighted by Gasteiger charge is -2.41. The summed E-state index contributed by atoms with van der Waals surface area (Å²) in [6.45, 7) is 5.65. The van der Waals surface area contributed by atoms with Gasteiger partial charge < -0.3 is 14.8 Å². The molecule has 2 saturated heterocycles. The van der Waals surface area contributed by atoms with Crippen LogP contribution in [-0.2, 0) is 14.2 Å². The van der Waals surface area contributed by atoms with Gasteiger partial charge >= 0.3 is 7.12 Å². The largest absolute Gasteiger partial charge is 0.507 e. The number of hydrogen-bond donors (Lipinski definition) is 2. The summed E-state index contributed by atoms with van der Waals surface area (Å²) >= 11 is 0. The van der Waals surface area contributed by atoms with Gasteiger partial charge in [0.2, 0.25) is 11.8 Å². The summed E-state index contributed by atoms with van der Waals surface area (Å²) in [5.41, 5.74) is 4.17. The zero-order chi connectivity index (χ0) is 22.7. The lowest BCUT2D eigenvalue weighted by molar-refractivity contribution is -0.143. The Kier molecular flexibility index (Phi) is 5.45. The summed E-state index contributed by atoms with van der Waals surface area (Å²) in [5.74, 6) is -0.746. The highest BCUT2D eigenvalue weighted by Crippen LogP contribution is 2.52. The number of benzene rings is 1. The molecular formula is C25H32BNO5. The average Bonchev–Trinajstić information content (AvgIpc) is 3.01. The van der Waals surface area contributed by atoms with E-state index in [1.54, 1.807) is 4.90 Å². The minimum atomic E-state index is -1.08. The zero-order valence-corrected chi connectivity index (χ0v) is 19.1. The molecule has 2 N–H and O–H groups in total. The number of aryl methyl sites for hydroxylation is 2. The van der Waals surface area contributed by atoms with Crippen LogP contribution in [0.25, 0.3) is 0 Å². The van der Waals surface area contributed by atoms with Crippen LogP contribution < -0.4 is 0 Å². The summed E-state index contributed by atoms with van der Waals surface area (Å²) in [7, 11) is -1.08. The highest BCUT2D eigenvalue weighted by atomic mass is 16.5. The van der Waals surface area contributed by atoms with Crippen LogP contribution in [0.15, 0.2) is 23.2 Å². The number of phenolic OH excluding ortho intramolecular Hbond substituents is 1. The SMILES string of the molecule is CC1=C2B(O)O[C@H](c3cc(C)c(O)c(C)c3)C[C@H]2[C@H]2C(=O)N(C3CCCCC3)C(=O)[C@H]2C1. The fourth-order valence-corrected chi connectivity index (χ4v) is 6.67. The van der Waals surface area contributed by atoms with Gasteiger partial charge in [-0.3, -0.25) is 14.5 Å². The second-order valence-corrected chi connectivity index (χ2v) is 10.2. The number of nitrogens with zero attached hydrogens (tertiary/aromatic N) is 1. The van der Waals surface area contributed by atoms with Gasteiger partial charge in [0, 0.05) is 6.04 Å². The maximum absolute atomic E-state index is 13.6. The second kappa shape index (κ2) is 8.03. The minimum absolute atomic E-state index is 0.0147. The van der Waals surface area contributed by atoms with Gasteiger partial charge in [0.1, 0.15) is 5.75 Å². The number of fused-ring (bicyclic) bond motifs is 3. The molecule has 1 saturated carbocycles. The van der Waals surface area contributed by atoms with Crippen molar-refractivity contribution in [2.45, 2.75) is 77.9 Å². The first-order valence-electron chi connectivity index (χ1n) is 12.0. The average molecular weight is 437 g/mol. The molecular weight excluding hydrogens is 405 g/mol. The summed E-state index contributed by atoms with van der Waals surface area (Å²) < 4.78 is 6.02. The first kappa shape index (κ1) is 21.7. The van der Waals surface area contributed by atoms with Gasteiger partial charge in [-0.15, -0.1) is 0 Å². The van der Waals surface area contributed by atoms with Crippen molar-refractivity contribution in [2.24, 2.45) is 17.8 Å². The van der Waals surface area contributed by atoms with Crippen molar-refractivity contribution in [2.75, 3.05) is 0 Å². The molecule has 4 atom stereocenters. The van der Waals surface area contributed by atoms with E-state index >= 15 is 0 Å². The third-order valence-electron chi connectivity index (χ3n) is 8.21. The molecule has 1 aromatic rings. The van der Waals surface area contributed by atoms with Crippen molar-refractivity contribution < 1.29 is 24.4 Å². The number of carbonyl (C=O) groups is 2. The smallest absolute Gasteiger partial charge is 0.487 e. The van der Waals surface area contributed by atoms with Crippen molar-refractivity contribution in [1.29, 1.82) is 0 Å². The van der Waals surface area contributed by atoms with Gasteiger partial charge in [0.15, 0.2) is 0 Å². The zero-order valence-electron chi connectivity index (χ0n) is 19.1. The number of hydrogen-bond acceptors (Lipinski definition) is 5. The van der Waals surface area contributed by atoms with E-state index in [1.165, 1.54) is 6.42 Å². The lowest BCUT2D eigenvalue weighted by atomic mass is 9.55. The Morgan fingerprint density at radius 2 is 1.66 bits per heavy atom. The van der Waals surface area contributed by atoms with Crippen LogP contribution in [0.1, 0.15) is 74.7 Å². The fourth-order valence-electron chi connectivity index (χ4n) is 6.67. The van der Waals surface area contributed by atoms with Crippen molar-refractivity contribution in [3.8, 4) is 5.75 Å². The maximum atomic E-state index is 13.6. The standard InChI is InChI=1S/C25H32BNO5/c1-13-11-19-21(25(30)27(24(19)29)17-7-5-4-6-8-17)18-12-20(32-26(31)22(13)18)16-9-14(2)23(28)15(3)10-16/h9-10,17-21,28,31H,4-8,11-12H2,1-3H3/t18-,19-,20-,21+/m0/s1. The molecule has 0 bridgehead atoms. The first-order valence-corrected chi connectivity index (χ1v) is 12.0. The van der Waals surface area contributed by atoms with Gasteiger partial charge in [-0.05, 0) is 86.7 Å². The normalized spacial score (nSPS) is 31.2. The lowest BCUT2D eigenvalue weighted by Crippen LogP contribution is -2.45. The molecule has 3 fully saturated rings. The quantitative estimate of drug-likeness (QED) is 0.544. The highest BCUT2D eigenvalue weighted by Gasteiger charge is 2.58. The topological polar surface area (TPSA) is 87.1 Å². The van der Waals surface area contributed by atoms with Crippen molar-refractivity contribution in [3.63, 3.8) is 0 Å². The van der Waals surface area contributed by atoms with Crippen LogP contribution >= 0.6 is 0 Å². The number of aromatic hydroxyl groups is 1. The van der Waals surface area contributed by atoms with Crippen molar-refractivity contribution in [1.82, 2.24) is 4.90 Å². The number of likely N-dealkylation sites (tertiary alicyclic amines) is 1. The molecule has 0 radical (unpaired) electrons. The summed E-state index contributed by atoms with van der Waals surface area (Å²) in [6, 6.07) is 3.80. The van der Waals surface area contributed by atoms with Crippen LogP contribution in [0.3, 0.4) is 0 Å². The Morgan fingerprint density at radius 1 is 1.00 bits per heavy atom. The van der Waals surface area contributed by atoms with Gasteiger partial charge in [-0.2, -0.15) is 0 Å². The molecule has 5 rings (SSSR count). The maximum Gasteiger partial charge on any atom is 0.487 e. The molecule has 4 aliphatic rings. The molecule has 0 aromatic heterocycles. The summed E-state index contributed by atoms with van der Waals surface area (Å²) in [4.78, 5) is 28.6. The monoisotopic (exact) mass is 437 g/mol. The Morgan fingerprint density at radius 3 is 2.31 bits per heavy atom. The Labute approximate surface area is 189 Å². The molecule has 0 unspecified atom stereocenters. The van der Waals surface area contributed by atoms with Crippen LogP contribution in [0, 0.1) is 31.6 Å². The number of allylic oxidation sites excluding steroid dienone is 2. The third kappa shape index (κ3) is 3.32. The predicted molar refractivity (Wildman–Crippen MR) is 121 cm³/mol. The Balaban J connectivity index is 1.49. The molecule has 7 heteroatoms. The summed E-state index contributed by atoms with van der Waals surface area (Å²) in [5, 5.41) is 21.1. The fraction of sp³-hybridized carbons (Fsp3) is 0.600. The molecule has 6 nitrogen and oxygen atoms in total. The van der Waals surface area contributed by atoms with Gasteiger partial charge in [0.25, 0.3) is 0 Å². The molecule has 2 aliphatic carbocycles. The number of carbonyl (C=O) groups excluding carboxylic acids is 2. The Hall–Kier alpha value is -2.12. The van der Waals surface area contributed by atoms with E-state index in [9.17, 15) is 19.7 Å². The van der Waals surface area contributed by atoms with E-state index < -0.39 is 19.1 Å². The van der Waals surface area contributed by atoms with E-state index in [1.807, 2.05) is 32.9 Å². The molecule has 2 amide bonds. The molecule has 2 aliphatic heterocycles. The van der Waals surface area contributed by atoms with Crippen molar-refractivity contribution in [3.05, 3.63) is 39.9 Å². The van der Waals surface area contributed by atoms with Gasteiger partial charge in [-0.25, -0.2) is 0 Å². The molecule has 2 heterocycles. The van der Waals surface area contributed by atoms with E-state index in [0.29, 0.717) is 12.8 Å². The van der Waals surface area contributed by atoms with E-state index in [0.717, 1.165) is 53.4 Å². The molecule has 170 valence electrons. The molecule has 1 aromatic carbocycles. The van der Waals surface area contributed by atoms with Crippen LogP contribution in [0.4, 0.5) is 0 Å². The number of amides is 2. The van der Waals surface area contributed by atoms with E-state index in [4.69, 9.17) is 4.65 Å². The van der Waals surface area contributed by atoms with Gasteiger partial charge in [-0.1, -0.05) is 24.8 Å². The van der Waals surface area contributed by atoms with Crippen molar-refractivity contribution >= 4 is 18.9 Å². The van der Waals surface area contributed by atoms with Crippen LogP contribution in [0.5, 0.6) is 5.75 Å². The van der Waals surface area contributed by atoms with E-state index in [2.05, 4.69) is 0 Å². The highest BCUT2D eigenvalue weighted by molar-refractivity contribution is 6.53. The predicted octanol–water partition coefficient (Wildman–Crippen LogP) is 3.76. The third-order valence-corrected chi connectivity index (χ3v) is 8.21. The van der Waals surface area contributed by atoms with Crippen LogP contribution in [0.2, 0.25) is 0 Å². The van der Waals surface area contributed by atoms with Crippen LogP contribution in [-0.4, -0.2) is 40.0 Å². The first-order chi connectivity index (χ1) is 15.3.